The van der Waals surface area contributed by atoms with Crippen molar-refractivity contribution in [2.24, 2.45) is 0 Å². The summed E-state index contributed by atoms with van der Waals surface area (Å²) in [7, 11) is 0. The number of para-hydroxylation sites is 1. The van der Waals surface area contributed by atoms with Gasteiger partial charge in [-0.25, -0.2) is 4.98 Å². The molecule has 5 rings (SSSR count). The second-order valence-corrected chi connectivity index (χ2v) is 7.47. The largest absolute Gasteiger partial charge is 0.338 e. The Morgan fingerprint density at radius 3 is 2.36 bits per heavy atom. The highest BCUT2D eigenvalue weighted by atomic mass is 16.1. The predicted octanol–water partition coefficient (Wildman–Crippen LogP) is 5.25. The van der Waals surface area contributed by atoms with Crippen molar-refractivity contribution in [2.75, 3.05) is 15.5 Å². The molecule has 160 valence electrons. The molecule has 4 aromatic rings. The van der Waals surface area contributed by atoms with Crippen LogP contribution in [-0.4, -0.2) is 22.6 Å². The number of rotatable bonds is 3. The van der Waals surface area contributed by atoms with Gasteiger partial charge in [-0.3, -0.25) is 20.5 Å². The zero-order valence-corrected chi connectivity index (χ0v) is 17.5. The van der Waals surface area contributed by atoms with Gasteiger partial charge in [0, 0.05) is 28.6 Å². The molecule has 0 fully saturated rings. The van der Waals surface area contributed by atoms with Gasteiger partial charge in [0.1, 0.15) is 11.7 Å². The van der Waals surface area contributed by atoms with Gasteiger partial charge in [0.15, 0.2) is 5.82 Å². The summed E-state index contributed by atoms with van der Waals surface area (Å²) >= 11 is 0. The van der Waals surface area contributed by atoms with E-state index in [-0.39, 0.29) is 17.6 Å². The van der Waals surface area contributed by atoms with Crippen LogP contribution in [0.5, 0.6) is 0 Å². The minimum Gasteiger partial charge on any atom is -0.338 e. The standard InChI is InChI=1S/C26H20N6O/c27-23(17-12-14-19(15-13-17)30-26(33)18-7-2-1-3-8-18)32-22-11-6-16-29-25(22)31-21-10-5-4-9-20(21)24(32)28/h1-16,27-28H,(H,29,31)(H,30,33). The number of carbonyl (C=O) groups is 1. The average Bonchev–Trinajstić information content (AvgIpc) is 2.98. The number of amides is 1. The van der Waals surface area contributed by atoms with E-state index in [2.05, 4.69) is 15.6 Å². The quantitative estimate of drug-likeness (QED) is 0.262. The van der Waals surface area contributed by atoms with Gasteiger partial charge in [-0.15, -0.1) is 0 Å². The van der Waals surface area contributed by atoms with E-state index < -0.39 is 0 Å². The van der Waals surface area contributed by atoms with Crippen molar-refractivity contribution in [1.29, 1.82) is 10.8 Å². The summed E-state index contributed by atoms with van der Waals surface area (Å²) in [6.45, 7) is 0. The van der Waals surface area contributed by atoms with Crippen LogP contribution in [0, 0.1) is 10.8 Å². The topological polar surface area (TPSA) is 105 Å². The molecule has 33 heavy (non-hydrogen) atoms. The van der Waals surface area contributed by atoms with E-state index in [0.29, 0.717) is 33.9 Å². The van der Waals surface area contributed by atoms with Gasteiger partial charge in [-0.1, -0.05) is 30.3 Å². The highest BCUT2D eigenvalue weighted by Gasteiger charge is 2.28. The van der Waals surface area contributed by atoms with Crippen LogP contribution in [0.3, 0.4) is 0 Å². The zero-order valence-electron chi connectivity index (χ0n) is 17.5. The number of pyridine rings is 1. The van der Waals surface area contributed by atoms with Crippen molar-refractivity contribution in [1.82, 2.24) is 4.98 Å². The molecule has 1 aliphatic rings. The molecule has 0 saturated carbocycles. The summed E-state index contributed by atoms with van der Waals surface area (Å²) in [5, 5.41) is 23.9. The lowest BCUT2D eigenvalue weighted by atomic mass is 10.1. The molecule has 7 heteroatoms. The van der Waals surface area contributed by atoms with Crippen LogP contribution in [0.1, 0.15) is 21.5 Å². The third-order valence-corrected chi connectivity index (χ3v) is 5.36. The number of hydrogen-bond donors (Lipinski definition) is 4. The SMILES string of the molecule is N=C(c1ccc(NC(=O)c2ccccc2)cc1)N1C(=N)c2ccccc2Nc2ncccc21. The van der Waals surface area contributed by atoms with Gasteiger partial charge >= 0.3 is 0 Å². The monoisotopic (exact) mass is 432 g/mol. The number of hydrogen-bond acceptors (Lipinski definition) is 5. The molecule has 0 bridgehead atoms. The number of fused-ring (bicyclic) bond motifs is 2. The summed E-state index contributed by atoms with van der Waals surface area (Å²) in [5.41, 5.74) is 3.85. The third-order valence-electron chi connectivity index (χ3n) is 5.36. The van der Waals surface area contributed by atoms with Crippen LogP contribution >= 0.6 is 0 Å². The molecule has 0 saturated heterocycles. The first-order chi connectivity index (χ1) is 16.1. The maximum absolute atomic E-state index is 12.4. The molecule has 0 unspecified atom stereocenters. The predicted molar refractivity (Wildman–Crippen MR) is 131 cm³/mol. The van der Waals surface area contributed by atoms with E-state index >= 15 is 0 Å². The van der Waals surface area contributed by atoms with Crippen molar-refractivity contribution in [3.05, 3.63) is 114 Å². The Kier molecular flexibility index (Phi) is 5.12. The molecule has 3 aromatic carbocycles. The van der Waals surface area contributed by atoms with E-state index in [1.165, 1.54) is 0 Å². The number of benzene rings is 3. The van der Waals surface area contributed by atoms with Gasteiger partial charge in [0.25, 0.3) is 5.91 Å². The third kappa shape index (κ3) is 3.83. The Hall–Kier alpha value is -4.78. The molecule has 0 spiro atoms. The summed E-state index contributed by atoms with van der Waals surface area (Å²) < 4.78 is 0. The van der Waals surface area contributed by atoms with Crippen molar-refractivity contribution in [2.45, 2.75) is 0 Å². The first kappa shape index (κ1) is 20.1. The lowest BCUT2D eigenvalue weighted by Gasteiger charge is -2.25. The van der Waals surface area contributed by atoms with Crippen LogP contribution in [-0.2, 0) is 0 Å². The molecule has 1 aromatic heterocycles. The Morgan fingerprint density at radius 1 is 0.848 bits per heavy atom. The number of nitrogens with one attached hydrogen (secondary N) is 4. The fourth-order valence-electron chi connectivity index (χ4n) is 3.71. The lowest BCUT2D eigenvalue weighted by molar-refractivity contribution is 0.102. The van der Waals surface area contributed by atoms with E-state index in [1.807, 2.05) is 48.5 Å². The first-order valence-corrected chi connectivity index (χ1v) is 10.4. The zero-order chi connectivity index (χ0) is 22.8. The minimum absolute atomic E-state index is 0.133. The highest BCUT2D eigenvalue weighted by molar-refractivity contribution is 6.30. The highest BCUT2D eigenvalue weighted by Crippen LogP contribution is 2.34. The Labute approximate surface area is 190 Å². The molecule has 1 aliphatic heterocycles. The van der Waals surface area contributed by atoms with Crippen molar-refractivity contribution in [3.8, 4) is 0 Å². The van der Waals surface area contributed by atoms with Crippen LogP contribution in [0.15, 0.2) is 97.2 Å². The summed E-state index contributed by atoms with van der Waals surface area (Å²) in [6.07, 6.45) is 1.68. The van der Waals surface area contributed by atoms with E-state index in [1.54, 1.807) is 53.6 Å². The van der Waals surface area contributed by atoms with Crippen molar-refractivity contribution in [3.63, 3.8) is 0 Å². The van der Waals surface area contributed by atoms with Gasteiger partial charge in [-0.05, 0) is 60.7 Å². The van der Waals surface area contributed by atoms with Crippen LogP contribution in [0.25, 0.3) is 0 Å². The fraction of sp³-hybridized carbons (Fsp3) is 0. The van der Waals surface area contributed by atoms with Crippen LogP contribution in [0.2, 0.25) is 0 Å². The second kappa shape index (κ2) is 8.39. The molecule has 4 N–H and O–H groups in total. The number of carbonyl (C=O) groups excluding carboxylic acids is 1. The Bertz CT molecular complexity index is 1370. The summed E-state index contributed by atoms with van der Waals surface area (Å²) in [5.74, 6) is 0.684. The molecule has 0 atom stereocenters. The van der Waals surface area contributed by atoms with Crippen LogP contribution in [0.4, 0.5) is 22.9 Å². The summed E-state index contributed by atoms with van der Waals surface area (Å²) in [4.78, 5) is 18.4. The minimum atomic E-state index is -0.199. The Morgan fingerprint density at radius 2 is 1.58 bits per heavy atom. The molecule has 0 aliphatic carbocycles. The maximum Gasteiger partial charge on any atom is 0.255 e. The van der Waals surface area contributed by atoms with Gasteiger partial charge in [0.2, 0.25) is 0 Å². The van der Waals surface area contributed by atoms with Crippen LogP contribution < -0.4 is 15.5 Å². The summed E-state index contributed by atoms with van der Waals surface area (Å²) in [6, 6.07) is 27.1. The van der Waals surface area contributed by atoms with Gasteiger partial charge in [-0.2, -0.15) is 0 Å². The molecule has 0 radical (unpaired) electrons. The van der Waals surface area contributed by atoms with Gasteiger partial charge in [0.05, 0.1) is 11.4 Å². The Balaban J connectivity index is 1.45. The number of amidine groups is 2. The smallest absolute Gasteiger partial charge is 0.255 e. The normalized spacial score (nSPS) is 12.1. The second-order valence-electron chi connectivity index (χ2n) is 7.47. The van der Waals surface area contributed by atoms with Crippen molar-refractivity contribution < 1.29 is 4.79 Å². The van der Waals surface area contributed by atoms with E-state index in [0.717, 1.165) is 5.69 Å². The first-order valence-electron chi connectivity index (χ1n) is 10.4. The average molecular weight is 432 g/mol. The fourth-order valence-corrected chi connectivity index (χ4v) is 3.71. The molecule has 2 heterocycles. The lowest BCUT2D eigenvalue weighted by Crippen LogP contribution is -2.36. The molecule has 7 nitrogen and oxygen atoms in total. The maximum atomic E-state index is 12.4. The van der Waals surface area contributed by atoms with Gasteiger partial charge < -0.3 is 10.6 Å². The molecular formula is C26H20N6O. The van der Waals surface area contributed by atoms with E-state index in [9.17, 15) is 4.79 Å². The number of anilines is 4. The molecular weight excluding hydrogens is 412 g/mol. The van der Waals surface area contributed by atoms with Crippen molar-refractivity contribution >= 4 is 40.5 Å². The molecule has 1 amide bonds. The number of aromatic nitrogens is 1. The van der Waals surface area contributed by atoms with E-state index in [4.69, 9.17) is 10.8 Å². The number of nitrogens with zero attached hydrogens (tertiary/aromatic N) is 2.